The second kappa shape index (κ2) is 8.00. The number of nitro groups is 1. The summed E-state index contributed by atoms with van der Waals surface area (Å²) in [5.41, 5.74) is 4.15. The Kier molecular flexibility index (Phi) is 5.09. The first-order valence-electron chi connectivity index (χ1n) is 9.29. The van der Waals surface area contributed by atoms with Gasteiger partial charge in [0.2, 0.25) is 0 Å². The number of nitro benzene ring substituents is 1. The van der Waals surface area contributed by atoms with E-state index in [4.69, 9.17) is 0 Å². The minimum absolute atomic E-state index is 0.0368. The summed E-state index contributed by atoms with van der Waals surface area (Å²) in [6.07, 6.45) is 1.69. The molecule has 0 atom stereocenters. The van der Waals surface area contributed by atoms with Gasteiger partial charge >= 0.3 is 0 Å². The van der Waals surface area contributed by atoms with Gasteiger partial charge in [-0.1, -0.05) is 48.0 Å². The number of hydrogen-bond acceptors (Lipinski definition) is 4. The summed E-state index contributed by atoms with van der Waals surface area (Å²) < 4.78 is 1.67. The van der Waals surface area contributed by atoms with Crippen LogP contribution in [0.4, 0.5) is 11.4 Å². The monoisotopic (exact) mass is 398 g/mol. The highest BCUT2D eigenvalue weighted by Gasteiger charge is 2.19. The maximum absolute atomic E-state index is 13.0. The number of carbonyl (C=O) groups excluding carboxylic acids is 1. The highest BCUT2D eigenvalue weighted by atomic mass is 16.6. The number of non-ortho nitro benzene ring substituents is 1. The van der Waals surface area contributed by atoms with Gasteiger partial charge in [0.25, 0.3) is 11.6 Å². The van der Waals surface area contributed by atoms with Crippen molar-refractivity contribution in [3.8, 4) is 16.9 Å². The number of carbonyl (C=O) groups is 1. The molecule has 7 nitrogen and oxygen atoms in total. The fourth-order valence-corrected chi connectivity index (χ4v) is 3.04. The number of rotatable bonds is 5. The zero-order chi connectivity index (χ0) is 21.1. The van der Waals surface area contributed by atoms with Gasteiger partial charge in [-0.15, -0.1) is 0 Å². The summed E-state index contributed by atoms with van der Waals surface area (Å²) in [6.45, 7) is 1.99. The van der Waals surface area contributed by atoms with E-state index in [1.54, 1.807) is 10.9 Å². The molecule has 0 spiro atoms. The SMILES string of the molecule is Cc1ccc(-c2nn(-c3ccccc3)cc2C(=O)Nc2ccc([N+](=O)[O-])cc2)cc1. The molecule has 148 valence electrons. The van der Waals surface area contributed by atoms with Crippen molar-refractivity contribution in [3.05, 3.63) is 106 Å². The zero-order valence-electron chi connectivity index (χ0n) is 16.1. The lowest BCUT2D eigenvalue weighted by molar-refractivity contribution is -0.384. The average Bonchev–Trinajstić information content (AvgIpc) is 3.21. The molecule has 0 aliphatic carbocycles. The van der Waals surface area contributed by atoms with Crippen LogP contribution >= 0.6 is 0 Å². The number of benzene rings is 3. The lowest BCUT2D eigenvalue weighted by Crippen LogP contribution is -2.12. The van der Waals surface area contributed by atoms with Crippen molar-refractivity contribution in [1.82, 2.24) is 9.78 Å². The Morgan fingerprint density at radius 2 is 1.63 bits per heavy atom. The molecule has 0 fully saturated rings. The molecule has 0 aliphatic heterocycles. The lowest BCUT2D eigenvalue weighted by atomic mass is 10.1. The number of aryl methyl sites for hydroxylation is 1. The number of aromatic nitrogens is 2. The maximum atomic E-state index is 13.0. The topological polar surface area (TPSA) is 90.1 Å². The Labute approximate surface area is 172 Å². The zero-order valence-corrected chi connectivity index (χ0v) is 16.1. The first kappa shape index (κ1) is 19.1. The Morgan fingerprint density at radius 1 is 0.967 bits per heavy atom. The molecule has 0 aliphatic rings. The first-order chi connectivity index (χ1) is 14.5. The number of nitrogens with zero attached hydrogens (tertiary/aromatic N) is 3. The van der Waals surface area contributed by atoms with Crippen molar-refractivity contribution in [2.45, 2.75) is 6.92 Å². The van der Waals surface area contributed by atoms with Gasteiger partial charge in [0.05, 0.1) is 16.2 Å². The molecule has 0 radical (unpaired) electrons. The second-order valence-electron chi connectivity index (χ2n) is 6.80. The molecule has 7 heteroatoms. The van der Waals surface area contributed by atoms with Gasteiger partial charge in [-0.3, -0.25) is 14.9 Å². The Balaban J connectivity index is 1.71. The van der Waals surface area contributed by atoms with Crippen molar-refractivity contribution in [1.29, 1.82) is 0 Å². The van der Waals surface area contributed by atoms with Gasteiger partial charge in [0.1, 0.15) is 5.69 Å². The van der Waals surface area contributed by atoms with Crippen LogP contribution in [0.1, 0.15) is 15.9 Å². The third-order valence-electron chi connectivity index (χ3n) is 4.64. The molecule has 0 unspecified atom stereocenters. The van der Waals surface area contributed by atoms with E-state index in [1.807, 2.05) is 61.5 Å². The van der Waals surface area contributed by atoms with Crippen LogP contribution in [0.15, 0.2) is 85.1 Å². The average molecular weight is 398 g/mol. The van der Waals surface area contributed by atoms with E-state index in [0.717, 1.165) is 16.8 Å². The van der Waals surface area contributed by atoms with E-state index in [1.165, 1.54) is 24.3 Å². The summed E-state index contributed by atoms with van der Waals surface area (Å²) >= 11 is 0. The van der Waals surface area contributed by atoms with Crippen LogP contribution in [0.25, 0.3) is 16.9 Å². The smallest absolute Gasteiger partial charge is 0.269 e. The molecule has 0 saturated carbocycles. The van der Waals surface area contributed by atoms with Crippen molar-refractivity contribution in [3.63, 3.8) is 0 Å². The molecule has 4 aromatic rings. The van der Waals surface area contributed by atoms with Crippen molar-refractivity contribution >= 4 is 17.3 Å². The van der Waals surface area contributed by atoms with Crippen molar-refractivity contribution < 1.29 is 9.72 Å². The van der Waals surface area contributed by atoms with Gasteiger partial charge in [-0.05, 0) is 31.2 Å². The van der Waals surface area contributed by atoms with E-state index in [0.29, 0.717) is 16.9 Å². The standard InChI is InChI=1S/C23H18N4O3/c1-16-7-9-17(10-8-16)22-21(15-26(25-22)19-5-3-2-4-6-19)23(28)24-18-11-13-20(14-12-18)27(29)30/h2-15H,1H3,(H,24,28). The van der Waals surface area contributed by atoms with Crippen LogP contribution in [0.2, 0.25) is 0 Å². The van der Waals surface area contributed by atoms with Gasteiger partial charge in [0.15, 0.2) is 0 Å². The van der Waals surface area contributed by atoms with Crippen LogP contribution in [0, 0.1) is 17.0 Å². The number of nitrogens with one attached hydrogen (secondary N) is 1. The minimum Gasteiger partial charge on any atom is -0.322 e. The highest BCUT2D eigenvalue weighted by Crippen LogP contribution is 2.25. The van der Waals surface area contributed by atoms with Gasteiger partial charge in [-0.25, -0.2) is 4.68 Å². The molecule has 30 heavy (non-hydrogen) atoms. The highest BCUT2D eigenvalue weighted by molar-refractivity contribution is 6.08. The van der Waals surface area contributed by atoms with Crippen molar-refractivity contribution in [2.24, 2.45) is 0 Å². The normalized spacial score (nSPS) is 10.6. The predicted octanol–water partition coefficient (Wildman–Crippen LogP) is 5.01. The molecule has 0 bridgehead atoms. The fourth-order valence-electron chi connectivity index (χ4n) is 3.04. The van der Waals surface area contributed by atoms with Gasteiger partial charge in [0, 0.05) is 29.6 Å². The van der Waals surface area contributed by atoms with Crippen LogP contribution in [-0.4, -0.2) is 20.6 Å². The summed E-state index contributed by atoms with van der Waals surface area (Å²) in [4.78, 5) is 23.4. The van der Waals surface area contributed by atoms with Gasteiger partial charge < -0.3 is 5.32 Å². The minimum atomic E-state index is -0.481. The molecule has 3 aromatic carbocycles. The molecule has 1 amide bonds. The largest absolute Gasteiger partial charge is 0.322 e. The number of amides is 1. The van der Waals surface area contributed by atoms with Crippen molar-refractivity contribution in [2.75, 3.05) is 5.32 Å². The number of para-hydroxylation sites is 1. The second-order valence-corrected chi connectivity index (χ2v) is 6.80. The van der Waals surface area contributed by atoms with Crippen LogP contribution < -0.4 is 5.32 Å². The van der Waals surface area contributed by atoms with Crippen LogP contribution in [0.5, 0.6) is 0 Å². The van der Waals surface area contributed by atoms with E-state index in [2.05, 4.69) is 10.4 Å². The van der Waals surface area contributed by atoms with E-state index >= 15 is 0 Å². The fraction of sp³-hybridized carbons (Fsp3) is 0.0435. The number of anilines is 1. The Hall–Kier alpha value is -4.26. The molecule has 1 heterocycles. The van der Waals surface area contributed by atoms with Crippen LogP contribution in [0.3, 0.4) is 0 Å². The third-order valence-corrected chi connectivity index (χ3v) is 4.64. The molecule has 4 rings (SSSR count). The van der Waals surface area contributed by atoms with E-state index < -0.39 is 4.92 Å². The van der Waals surface area contributed by atoms with E-state index in [-0.39, 0.29) is 11.6 Å². The summed E-state index contributed by atoms with van der Waals surface area (Å²) in [6, 6.07) is 23.0. The maximum Gasteiger partial charge on any atom is 0.269 e. The predicted molar refractivity (Wildman–Crippen MR) is 115 cm³/mol. The Bertz CT molecular complexity index is 1200. The lowest BCUT2D eigenvalue weighted by Gasteiger charge is -2.05. The molecular weight excluding hydrogens is 380 g/mol. The first-order valence-corrected chi connectivity index (χ1v) is 9.29. The van der Waals surface area contributed by atoms with Gasteiger partial charge in [-0.2, -0.15) is 5.10 Å². The van der Waals surface area contributed by atoms with E-state index in [9.17, 15) is 14.9 Å². The summed E-state index contributed by atoms with van der Waals surface area (Å²) in [5, 5.41) is 18.3. The molecular formula is C23H18N4O3. The third kappa shape index (κ3) is 3.95. The summed E-state index contributed by atoms with van der Waals surface area (Å²) in [5.74, 6) is -0.346. The quantitative estimate of drug-likeness (QED) is 0.378. The van der Waals surface area contributed by atoms with Crippen LogP contribution in [-0.2, 0) is 0 Å². The molecule has 0 saturated heterocycles. The summed E-state index contributed by atoms with van der Waals surface area (Å²) in [7, 11) is 0. The Morgan fingerprint density at radius 3 is 2.27 bits per heavy atom. The molecule has 1 N–H and O–H groups in total. The molecule has 1 aromatic heterocycles. The number of hydrogen-bond donors (Lipinski definition) is 1.